The second-order valence-electron chi connectivity index (χ2n) is 7.06. The highest BCUT2D eigenvalue weighted by Gasteiger charge is 2.33. The van der Waals surface area contributed by atoms with Gasteiger partial charge >= 0.3 is 5.69 Å². The molecule has 2 aliphatic rings. The van der Waals surface area contributed by atoms with E-state index in [4.69, 9.17) is 0 Å². The lowest BCUT2D eigenvalue weighted by Crippen LogP contribution is -2.50. The molecule has 1 atom stereocenters. The molecule has 4 rings (SSSR count). The van der Waals surface area contributed by atoms with Gasteiger partial charge in [0, 0.05) is 45.2 Å². The van der Waals surface area contributed by atoms with Crippen molar-refractivity contribution in [2.24, 2.45) is 0 Å². The number of hydrogen-bond acceptors (Lipinski definition) is 6. The number of fused-ring (bicyclic) bond motifs is 1. The summed E-state index contributed by atoms with van der Waals surface area (Å²) in [6.45, 7) is 4.72. The van der Waals surface area contributed by atoms with Gasteiger partial charge in [-0.25, -0.2) is 9.48 Å². The zero-order valence-electron chi connectivity index (χ0n) is 15.3. The third kappa shape index (κ3) is 3.95. The fourth-order valence-electron chi connectivity index (χ4n) is 3.77. The Morgan fingerprint density at radius 2 is 1.96 bits per heavy atom. The molecule has 1 unspecified atom stereocenters. The van der Waals surface area contributed by atoms with Crippen LogP contribution in [0.25, 0.3) is 0 Å². The van der Waals surface area contributed by atoms with E-state index in [1.54, 1.807) is 31.1 Å². The van der Waals surface area contributed by atoms with Crippen molar-refractivity contribution in [3.8, 4) is 0 Å². The van der Waals surface area contributed by atoms with Gasteiger partial charge in [0.05, 0.1) is 13.1 Å². The molecule has 0 aliphatic carbocycles. The topological polar surface area (TPSA) is 86.4 Å². The largest absolute Gasteiger partial charge is 0.592 e. The summed E-state index contributed by atoms with van der Waals surface area (Å²) in [6.07, 6.45) is 3.89. The summed E-state index contributed by atoms with van der Waals surface area (Å²) < 4.78 is 30.5. The van der Waals surface area contributed by atoms with Crippen molar-refractivity contribution in [3.63, 3.8) is 0 Å². The minimum Gasteiger partial charge on any atom is -0.592 e. The van der Waals surface area contributed by atoms with E-state index in [2.05, 4.69) is 10.00 Å². The molecule has 0 amide bonds. The van der Waals surface area contributed by atoms with Gasteiger partial charge in [-0.3, -0.25) is 4.57 Å². The van der Waals surface area contributed by atoms with E-state index in [0.717, 1.165) is 57.7 Å². The second-order valence-corrected chi connectivity index (χ2v) is 10.2. The molecular weight excluding hydrogens is 386 g/mol. The predicted octanol–water partition coefficient (Wildman–Crippen LogP) is 1.05. The van der Waals surface area contributed by atoms with Crippen LogP contribution in [0.15, 0.2) is 26.5 Å². The molecule has 27 heavy (non-hydrogen) atoms. The van der Waals surface area contributed by atoms with Gasteiger partial charge in [0.25, 0.3) is 0 Å². The zero-order valence-corrected chi connectivity index (χ0v) is 16.9. The number of sulfonamides is 1. The van der Waals surface area contributed by atoms with E-state index < -0.39 is 10.4 Å². The maximum Gasteiger partial charge on any atom is 0.345 e. The maximum absolute atomic E-state index is 12.6. The summed E-state index contributed by atoms with van der Waals surface area (Å²) in [6, 6.07) is 3.43. The van der Waals surface area contributed by atoms with Gasteiger partial charge in [0.15, 0.2) is 10.4 Å². The standard InChI is InChI=1S/C17H25N5O3S2/c23-17-21-8-2-1-5-15(21)18-22(17)9-4-7-19-10-12-20(13-11-19)27(24,25)16-6-3-14-26-16/h3,6,14H,1-2,4-5,7-13H2. The summed E-state index contributed by atoms with van der Waals surface area (Å²) in [7, 11) is -3.35. The fraction of sp³-hybridized carbons (Fsp3) is 0.647. The lowest BCUT2D eigenvalue weighted by Gasteiger charge is -2.35. The molecule has 2 aliphatic heterocycles. The van der Waals surface area contributed by atoms with Gasteiger partial charge in [0.1, 0.15) is 5.82 Å². The monoisotopic (exact) mass is 411 g/mol. The smallest absolute Gasteiger partial charge is 0.345 e. The molecule has 8 nitrogen and oxygen atoms in total. The third-order valence-electron chi connectivity index (χ3n) is 5.30. The molecule has 2 aromatic heterocycles. The van der Waals surface area contributed by atoms with E-state index in [9.17, 15) is 13.6 Å². The molecule has 0 aromatic carbocycles. The Hall–Kier alpha value is -1.33. The second kappa shape index (κ2) is 7.96. The molecular formula is C17H25N5O3S2. The molecule has 4 heterocycles. The number of hydrogen-bond donors (Lipinski definition) is 0. The van der Waals surface area contributed by atoms with Gasteiger partial charge in [0.2, 0.25) is 4.21 Å². The highest BCUT2D eigenvalue weighted by atomic mass is 32.3. The first-order chi connectivity index (χ1) is 13.1. The lowest BCUT2D eigenvalue weighted by molar-refractivity contribution is 0.176. The number of aryl methyl sites for hydroxylation is 2. The van der Waals surface area contributed by atoms with Crippen molar-refractivity contribution in [2.75, 3.05) is 32.7 Å². The van der Waals surface area contributed by atoms with Crippen LogP contribution in [0.5, 0.6) is 0 Å². The van der Waals surface area contributed by atoms with E-state index in [1.807, 2.05) is 0 Å². The van der Waals surface area contributed by atoms with E-state index in [-0.39, 0.29) is 5.69 Å². The molecule has 148 valence electrons. The van der Waals surface area contributed by atoms with Crippen LogP contribution < -0.4 is 5.69 Å². The average Bonchev–Trinajstić information content (AvgIpc) is 3.32. The van der Waals surface area contributed by atoms with E-state index in [1.165, 1.54) is 11.3 Å². The average molecular weight is 412 g/mol. The molecule has 0 spiro atoms. The maximum atomic E-state index is 12.6. The van der Waals surface area contributed by atoms with Crippen LogP contribution in [0, 0.1) is 0 Å². The molecule has 0 bridgehead atoms. The number of thiophene rings is 1. The SMILES string of the molecule is O=c1n(CCCN2CCN([S+](=O)([O-])c3cccs3)CC2)nc2n1CCCC2. The summed E-state index contributed by atoms with van der Waals surface area (Å²) in [5.41, 5.74) is 0.0107. The number of piperazine rings is 1. The number of nitrogens with zero attached hydrogens (tertiary/aromatic N) is 5. The van der Waals surface area contributed by atoms with Crippen LogP contribution in [0.4, 0.5) is 0 Å². The number of rotatable bonds is 6. The van der Waals surface area contributed by atoms with E-state index >= 15 is 0 Å². The Kier molecular flexibility index (Phi) is 5.60. The van der Waals surface area contributed by atoms with Crippen molar-refractivity contribution in [2.45, 2.75) is 43.0 Å². The van der Waals surface area contributed by atoms with Crippen LogP contribution in [-0.4, -0.2) is 60.8 Å². The van der Waals surface area contributed by atoms with Crippen LogP contribution in [-0.2, 0) is 34.1 Å². The molecule has 1 fully saturated rings. The Morgan fingerprint density at radius 3 is 2.67 bits per heavy atom. The highest BCUT2D eigenvalue weighted by molar-refractivity contribution is 7.97. The Bertz CT molecular complexity index is 868. The van der Waals surface area contributed by atoms with Crippen LogP contribution in [0.3, 0.4) is 0 Å². The Balaban J connectivity index is 1.26. The Morgan fingerprint density at radius 1 is 1.15 bits per heavy atom. The van der Waals surface area contributed by atoms with Crippen molar-refractivity contribution < 1.29 is 8.76 Å². The fourth-order valence-corrected chi connectivity index (χ4v) is 6.34. The third-order valence-corrected chi connectivity index (χ3v) is 8.57. The van der Waals surface area contributed by atoms with Gasteiger partial charge in [-0.05, 0) is 30.7 Å². The first-order valence-corrected chi connectivity index (χ1v) is 11.8. The van der Waals surface area contributed by atoms with Crippen molar-refractivity contribution in [1.29, 1.82) is 0 Å². The summed E-state index contributed by atoms with van der Waals surface area (Å²) >= 11 is 1.26. The molecule has 0 saturated carbocycles. The number of aromatic nitrogens is 3. The first kappa shape index (κ1) is 19.0. The molecule has 10 heteroatoms. The lowest BCUT2D eigenvalue weighted by atomic mass is 10.2. The summed E-state index contributed by atoms with van der Waals surface area (Å²) in [5, 5.41) is 6.26. The summed E-state index contributed by atoms with van der Waals surface area (Å²) in [5.74, 6) is 0.915. The first-order valence-electron chi connectivity index (χ1n) is 9.48. The minimum absolute atomic E-state index is 0.0107. The molecule has 2 aromatic rings. The highest BCUT2D eigenvalue weighted by Crippen LogP contribution is 2.26. The molecule has 0 N–H and O–H groups in total. The predicted molar refractivity (Wildman–Crippen MR) is 103 cm³/mol. The van der Waals surface area contributed by atoms with Crippen LogP contribution in [0.1, 0.15) is 25.1 Å². The zero-order chi connectivity index (χ0) is 18.9. The molecule has 0 radical (unpaired) electrons. The van der Waals surface area contributed by atoms with E-state index in [0.29, 0.717) is 23.8 Å². The van der Waals surface area contributed by atoms with Crippen LogP contribution >= 0.6 is 11.3 Å². The van der Waals surface area contributed by atoms with Gasteiger partial charge in [-0.1, -0.05) is 15.5 Å². The summed E-state index contributed by atoms with van der Waals surface area (Å²) in [4.78, 5) is 14.6. The van der Waals surface area contributed by atoms with Crippen LogP contribution in [0.2, 0.25) is 0 Å². The van der Waals surface area contributed by atoms with Gasteiger partial charge < -0.3 is 9.45 Å². The Labute approximate surface area is 163 Å². The minimum atomic E-state index is -3.35. The quantitative estimate of drug-likeness (QED) is 0.664. The van der Waals surface area contributed by atoms with Crippen molar-refractivity contribution in [3.05, 3.63) is 33.8 Å². The normalized spacial score (nSPS) is 21.1. The molecule has 1 saturated heterocycles. The van der Waals surface area contributed by atoms with Crippen molar-refractivity contribution >= 4 is 21.7 Å². The van der Waals surface area contributed by atoms with Gasteiger partial charge in [-0.2, -0.15) is 5.10 Å². The van der Waals surface area contributed by atoms with Gasteiger partial charge in [-0.15, -0.1) is 4.31 Å². The van der Waals surface area contributed by atoms with Crippen molar-refractivity contribution in [1.82, 2.24) is 23.6 Å².